The lowest BCUT2D eigenvalue weighted by atomic mass is 9.33. The second-order valence-electron chi connectivity index (χ2n) is 21.5. The van der Waals surface area contributed by atoms with Gasteiger partial charge in [0.1, 0.15) is 51.6 Å². The minimum Gasteiger partial charge on any atom is -0.469 e. The highest BCUT2D eigenvalue weighted by Crippen LogP contribution is 2.76. The normalized spacial score (nSPS) is 40.4. The summed E-state index contributed by atoms with van der Waals surface area (Å²) in [5, 5.41) is 0. The molecule has 0 amide bonds. The van der Waals surface area contributed by atoms with E-state index >= 15 is 0 Å². The zero-order chi connectivity index (χ0) is 47.6. The molecule has 4 saturated carbocycles. The van der Waals surface area contributed by atoms with E-state index < -0.39 is 61.1 Å². The molecule has 1 heterocycles. The molecule has 0 aromatic heterocycles. The van der Waals surface area contributed by atoms with Crippen molar-refractivity contribution in [2.24, 2.45) is 50.2 Å². The number of carbonyl (C=O) groups excluding carboxylic acids is 4. The van der Waals surface area contributed by atoms with Crippen molar-refractivity contribution < 1.29 is 76.0 Å². The van der Waals surface area contributed by atoms with Gasteiger partial charge in [-0.3, -0.25) is 4.79 Å². The fourth-order valence-electron chi connectivity index (χ4n) is 14.1. The molecule has 16 nitrogen and oxygen atoms in total. The van der Waals surface area contributed by atoms with Gasteiger partial charge in [-0.25, -0.2) is 4.79 Å². The number of esters is 2. The lowest BCUT2D eigenvalue weighted by molar-refractivity contribution is -0.365. The van der Waals surface area contributed by atoms with Gasteiger partial charge in [-0.1, -0.05) is 60.1 Å². The third kappa shape index (κ3) is 9.40. The van der Waals surface area contributed by atoms with E-state index in [1.807, 2.05) is 0 Å². The van der Waals surface area contributed by atoms with Gasteiger partial charge < -0.3 is 66.4 Å². The van der Waals surface area contributed by atoms with E-state index in [2.05, 4.69) is 54.5 Å². The Balaban J connectivity index is 1.32. The number of fused-ring (bicyclic) bond motifs is 7. The molecule has 1 unspecified atom stereocenters. The Hall–Kier alpha value is -2.38. The molecule has 1 saturated heterocycles. The number of rotatable bonds is 20. The molecule has 6 aliphatic rings. The summed E-state index contributed by atoms with van der Waals surface area (Å²) >= 11 is 0. The molecule has 65 heavy (non-hydrogen) atoms. The van der Waals surface area contributed by atoms with Crippen molar-refractivity contribution in [3.63, 3.8) is 0 Å². The third-order valence-corrected chi connectivity index (χ3v) is 17.6. The summed E-state index contributed by atoms with van der Waals surface area (Å²) in [7, 11) is 7.07. The van der Waals surface area contributed by atoms with E-state index in [-0.39, 0.29) is 71.4 Å². The Morgan fingerprint density at radius 2 is 1.45 bits per heavy atom. The second kappa shape index (κ2) is 20.7. The maximum Gasteiger partial charge on any atom is 0.337 e. The van der Waals surface area contributed by atoms with Gasteiger partial charge in [-0.2, -0.15) is 0 Å². The van der Waals surface area contributed by atoms with Crippen LogP contribution in [0.5, 0.6) is 0 Å². The molecule has 370 valence electrons. The van der Waals surface area contributed by atoms with Gasteiger partial charge in [0.15, 0.2) is 31.1 Å². The van der Waals surface area contributed by atoms with Crippen LogP contribution in [0.2, 0.25) is 0 Å². The molecular formula is C49H78O16. The van der Waals surface area contributed by atoms with Crippen molar-refractivity contribution in [1.82, 2.24) is 0 Å². The Labute approximate surface area is 386 Å². The Kier molecular flexibility index (Phi) is 16.6. The van der Waals surface area contributed by atoms with Gasteiger partial charge in [-0.05, 0) is 109 Å². The standard InChI is InChI=1S/C49H78O16/c1-44(2)19-21-49(43(53)58-12)22-20-47(6)30(31(49)25-44)13-14-34-46(5)17-16-35(45(3,4)33(46)15-18-48(34,47)7)63-42-39(62-29-56-10)37(36(61-28-55-9)38(65-42)40(52)57-11)64-41(59-24-23-50)32(26-51)60-27-54-8/h13,23,26,31-39,41-42H,14-22,24-25,27-29H2,1-12H3/t31-,32-,33?,34+,35-,36-,37-,38-,39+,41-,42+,46-,47+,48+,49-/m0/s1. The third-order valence-electron chi connectivity index (χ3n) is 17.6. The minimum atomic E-state index is -1.49. The lowest BCUT2D eigenvalue weighted by Crippen LogP contribution is -2.67. The smallest absolute Gasteiger partial charge is 0.337 e. The molecule has 0 radical (unpaired) electrons. The van der Waals surface area contributed by atoms with Gasteiger partial charge in [0.05, 0.1) is 25.7 Å². The average molecular weight is 923 g/mol. The molecule has 1 aliphatic heterocycles. The first-order chi connectivity index (χ1) is 30.8. The van der Waals surface area contributed by atoms with Crippen LogP contribution in [0.1, 0.15) is 113 Å². The molecule has 15 atom stereocenters. The number of ether oxygens (including phenoxy) is 12. The lowest BCUT2D eigenvalue weighted by Gasteiger charge is -2.71. The van der Waals surface area contributed by atoms with Crippen molar-refractivity contribution in [1.29, 1.82) is 0 Å². The van der Waals surface area contributed by atoms with Crippen LogP contribution in [0, 0.1) is 50.2 Å². The van der Waals surface area contributed by atoms with Crippen LogP contribution in [0.25, 0.3) is 0 Å². The van der Waals surface area contributed by atoms with E-state index in [1.165, 1.54) is 34.0 Å². The topological polar surface area (TPSA) is 179 Å². The van der Waals surface area contributed by atoms with Crippen molar-refractivity contribution in [2.75, 3.05) is 62.5 Å². The maximum absolute atomic E-state index is 13.8. The molecule has 0 aromatic carbocycles. The molecule has 0 spiro atoms. The number of carbonyl (C=O) groups is 4. The van der Waals surface area contributed by atoms with Crippen molar-refractivity contribution in [3.8, 4) is 0 Å². The van der Waals surface area contributed by atoms with Crippen LogP contribution in [-0.4, -0.2) is 136 Å². The highest BCUT2D eigenvalue weighted by molar-refractivity contribution is 5.78. The minimum absolute atomic E-state index is 0.00582. The average Bonchev–Trinajstić information content (AvgIpc) is 3.27. The number of aldehydes is 2. The quantitative estimate of drug-likeness (QED) is 0.0434. The van der Waals surface area contributed by atoms with E-state index in [0.29, 0.717) is 24.9 Å². The molecule has 0 aromatic rings. The number of hydrogen-bond acceptors (Lipinski definition) is 16. The first-order valence-corrected chi connectivity index (χ1v) is 23.5. The first-order valence-electron chi connectivity index (χ1n) is 23.5. The first kappa shape index (κ1) is 52.0. The monoisotopic (exact) mass is 923 g/mol. The Bertz CT molecular complexity index is 1700. The molecule has 16 heteroatoms. The summed E-state index contributed by atoms with van der Waals surface area (Å²) in [6.45, 7) is 15.6. The number of methoxy groups -OCH3 is 5. The Morgan fingerprint density at radius 3 is 2.08 bits per heavy atom. The summed E-state index contributed by atoms with van der Waals surface area (Å²) < 4.78 is 70.3. The predicted molar refractivity (Wildman–Crippen MR) is 234 cm³/mol. The predicted octanol–water partition coefficient (Wildman–Crippen LogP) is 6.34. The molecule has 6 rings (SSSR count). The van der Waals surface area contributed by atoms with Crippen LogP contribution in [0.15, 0.2) is 11.6 Å². The van der Waals surface area contributed by atoms with E-state index in [4.69, 9.17) is 56.8 Å². The van der Waals surface area contributed by atoms with Crippen molar-refractivity contribution >= 4 is 24.5 Å². The summed E-state index contributed by atoms with van der Waals surface area (Å²) in [6.07, 6.45) is 3.29. The van der Waals surface area contributed by atoms with E-state index in [0.717, 1.165) is 57.8 Å². The van der Waals surface area contributed by atoms with Crippen LogP contribution < -0.4 is 0 Å². The summed E-state index contributed by atoms with van der Waals surface area (Å²) in [4.78, 5) is 51.3. The largest absolute Gasteiger partial charge is 0.469 e. The highest BCUT2D eigenvalue weighted by Gasteiger charge is 2.70. The van der Waals surface area contributed by atoms with Crippen molar-refractivity contribution in [3.05, 3.63) is 11.6 Å². The maximum atomic E-state index is 13.8. The highest BCUT2D eigenvalue weighted by atomic mass is 16.8. The van der Waals surface area contributed by atoms with Crippen LogP contribution in [0.4, 0.5) is 0 Å². The molecule has 0 bridgehead atoms. The zero-order valence-electron chi connectivity index (χ0n) is 41.0. The van der Waals surface area contributed by atoms with Gasteiger partial charge in [0.25, 0.3) is 0 Å². The van der Waals surface area contributed by atoms with Gasteiger partial charge in [-0.15, -0.1) is 0 Å². The van der Waals surface area contributed by atoms with E-state index in [1.54, 1.807) is 7.11 Å². The summed E-state index contributed by atoms with van der Waals surface area (Å²) in [5.41, 5.74) is 0.675. The molecular weight excluding hydrogens is 845 g/mol. The van der Waals surface area contributed by atoms with Crippen LogP contribution >= 0.6 is 0 Å². The summed E-state index contributed by atoms with van der Waals surface area (Å²) in [5.74, 6) is 0.00716. The molecule has 5 fully saturated rings. The van der Waals surface area contributed by atoms with Gasteiger partial charge in [0, 0.05) is 21.3 Å². The summed E-state index contributed by atoms with van der Waals surface area (Å²) in [6, 6.07) is 0. The fourth-order valence-corrected chi connectivity index (χ4v) is 14.1. The van der Waals surface area contributed by atoms with Gasteiger partial charge in [0.2, 0.25) is 0 Å². The number of allylic oxidation sites excluding steroid dienone is 2. The second-order valence-corrected chi connectivity index (χ2v) is 21.5. The molecule has 5 aliphatic carbocycles. The Morgan fingerprint density at radius 1 is 0.769 bits per heavy atom. The van der Waals surface area contributed by atoms with E-state index in [9.17, 15) is 19.2 Å². The zero-order valence-corrected chi connectivity index (χ0v) is 41.0. The van der Waals surface area contributed by atoms with Crippen LogP contribution in [0.3, 0.4) is 0 Å². The number of hydrogen-bond donors (Lipinski definition) is 0. The van der Waals surface area contributed by atoms with Gasteiger partial charge >= 0.3 is 11.9 Å². The van der Waals surface area contributed by atoms with Crippen molar-refractivity contribution in [2.45, 2.75) is 162 Å². The molecule has 0 N–H and O–H groups in total. The van der Waals surface area contributed by atoms with Crippen LogP contribution in [-0.2, 0) is 76.0 Å². The SMILES string of the molecule is COCO[C@H]1[C@H](O[C@H]2CC[C@@]3(C)C(CC[C@]4(C)[C@@H]3CC=C3[C@@H]5CC(C)(C)CC[C@]5(C(=O)OC)CC[C@]34C)C2(C)C)O[C@H](C(=O)OC)[C@@H](OCOC)[C@@H]1O[C@H](OCC=O)[C@H](C=O)OCOC. The fraction of sp³-hybridized carbons (Fsp3) is 0.878.